The Morgan fingerprint density at radius 2 is 1.80 bits per heavy atom. The van der Waals surface area contributed by atoms with Crippen molar-refractivity contribution in [2.45, 2.75) is 45.7 Å². The molecule has 0 rings (SSSR count). The minimum absolute atomic E-state index is 0.0642. The topological polar surface area (TPSA) is 98.2 Å². The van der Waals surface area contributed by atoms with Crippen molar-refractivity contribution < 1.29 is 9.59 Å². The van der Waals surface area contributed by atoms with Crippen LogP contribution in [0.4, 0.5) is 0 Å². The number of hydrogen-bond donors (Lipinski definition) is 3. The van der Waals surface area contributed by atoms with Gasteiger partial charge in [0.1, 0.15) is 0 Å². The molecule has 0 saturated heterocycles. The summed E-state index contributed by atoms with van der Waals surface area (Å²) in [5.41, 5.74) is 10.1. The minimum atomic E-state index is -0.643. The summed E-state index contributed by atoms with van der Waals surface area (Å²) < 4.78 is 0. The first-order chi connectivity index (χ1) is 6.65. The Balaban J connectivity index is 4.33. The molecule has 5 nitrogen and oxygen atoms in total. The van der Waals surface area contributed by atoms with E-state index in [0.29, 0.717) is 0 Å². The lowest BCUT2D eigenvalue weighted by molar-refractivity contribution is -0.125. The van der Waals surface area contributed by atoms with Crippen LogP contribution in [0.1, 0.15) is 34.1 Å². The molecule has 5 heteroatoms. The van der Waals surface area contributed by atoms with Crippen molar-refractivity contribution in [1.82, 2.24) is 5.32 Å². The predicted molar refractivity (Wildman–Crippen MR) is 58.8 cm³/mol. The molecule has 0 aromatic heterocycles. The van der Waals surface area contributed by atoms with E-state index in [1.54, 1.807) is 13.8 Å². The minimum Gasteiger partial charge on any atom is -0.370 e. The van der Waals surface area contributed by atoms with Crippen LogP contribution in [0.2, 0.25) is 0 Å². The van der Waals surface area contributed by atoms with E-state index in [-0.39, 0.29) is 18.2 Å². The average Bonchev–Trinajstić information content (AvgIpc) is 1.98. The number of hydrogen-bond acceptors (Lipinski definition) is 3. The summed E-state index contributed by atoms with van der Waals surface area (Å²) in [7, 11) is 0. The second-order valence-electron chi connectivity index (χ2n) is 4.79. The molecule has 5 N–H and O–H groups in total. The number of amides is 2. The van der Waals surface area contributed by atoms with Crippen LogP contribution in [0.5, 0.6) is 0 Å². The Hall–Kier alpha value is -1.10. The maximum Gasteiger partial charge on any atom is 0.237 e. The molecule has 0 spiro atoms. The van der Waals surface area contributed by atoms with Gasteiger partial charge >= 0.3 is 0 Å². The fourth-order valence-electron chi connectivity index (χ4n) is 1.20. The molecule has 0 aromatic rings. The summed E-state index contributed by atoms with van der Waals surface area (Å²) in [5.74, 6) is -0.635. The number of nitrogens with one attached hydrogen (secondary N) is 1. The van der Waals surface area contributed by atoms with Crippen LogP contribution in [0.25, 0.3) is 0 Å². The molecule has 0 aliphatic carbocycles. The van der Waals surface area contributed by atoms with Gasteiger partial charge in [0.2, 0.25) is 11.8 Å². The Bertz CT molecular complexity index is 249. The third-order valence-electron chi connectivity index (χ3n) is 2.10. The molecule has 0 fully saturated rings. The lowest BCUT2D eigenvalue weighted by Gasteiger charge is -2.27. The van der Waals surface area contributed by atoms with Crippen molar-refractivity contribution in [1.29, 1.82) is 0 Å². The van der Waals surface area contributed by atoms with Gasteiger partial charge < -0.3 is 16.8 Å². The van der Waals surface area contributed by atoms with Crippen LogP contribution in [-0.4, -0.2) is 23.4 Å². The standard InChI is InChI=1S/C10H21N3O2/c1-6(2)8(12)9(15)13-10(3,4)5-7(11)14/h6,8H,5,12H2,1-4H3,(H2,11,14)(H,13,15). The number of carbonyl (C=O) groups excluding carboxylic acids is 2. The van der Waals surface area contributed by atoms with Crippen molar-refractivity contribution in [3.05, 3.63) is 0 Å². The van der Waals surface area contributed by atoms with Crippen molar-refractivity contribution in [3.63, 3.8) is 0 Å². The van der Waals surface area contributed by atoms with E-state index in [1.807, 2.05) is 13.8 Å². The molecule has 15 heavy (non-hydrogen) atoms. The van der Waals surface area contributed by atoms with Gasteiger partial charge in [-0.05, 0) is 19.8 Å². The molecule has 0 heterocycles. The third kappa shape index (κ3) is 5.37. The summed E-state index contributed by atoms with van der Waals surface area (Å²) in [4.78, 5) is 22.3. The Morgan fingerprint density at radius 3 is 2.13 bits per heavy atom. The Labute approximate surface area is 90.6 Å². The predicted octanol–water partition coefficient (Wildman–Crippen LogP) is -0.260. The maximum absolute atomic E-state index is 11.6. The van der Waals surface area contributed by atoms with E-state index < -0.39 is 17.5 Å². The molecule has 2 amide bonds. The second-order valence-corrected chi connectivity index (χ2v) is 4.79. The third-order valence-corrected chi connectivity index (χ3v) is 2.10. The van der Waals surface area contributed by atoms with E-state index in [2.05, 4.69) is 5.32 Å². The first kappa shape index (κ1) is 13.9. The van der Waals surface area contributed by atoms with Gasteiger partial charge in [-0.3, -0.25) is 9.59 Å². The van der Waals surface area contributed by atoms with Gasteiger partial charge in [-0.25, -0.2) is 0 Å². The molecular weight excluding hydrogens is 194 g/mol. The highest BCUT2D eigenvalue weighted by Crippen LogP contribution is 2.09. The largest absolute Gasteiger partial charge is 0.370 e. The van der Waals surface area contributed by atoms with E-state index in [9.17, 15) is 9.59 Å². The van der Waals surface area contributed by atoms with Crippen LogP contribution in [-0.2, 0) is 9.59 Å². The molecular formula is C10H21N3O2. The van der Waals surface area contributed by atoms with Gasteiger partial charge in [-0.2, -0.15) is 0 Å². The summed E-state index contributed by atoms with van der Waals surface area (Å²) in [6.07, 6.45) is 0.101. The van der Waals surface area contributed by atoms with Crippen LogP contribution in [0.3, 0.4) is 0 Å². The van der Waals surface area contributed by atoms with Gasteiger partial charge in [0.15, 0.2) is 0 Å². The number of rotatable bonds is 5. The molecule has 0 saturated carbocycles. The first-order valence-corrected chi connectivity index (χ1v) is 5.01. The van der Waals surface area contributed by atoms with Gasteiger partial charge in [-0.15, -0.1) is 0 Å². The lowest BCUT2D eigenvalue weighted by Crippen LogP contribution is -2.53. The average molecular weight is 215 g/mol. The van der Waals surface area contributed by atoms with E-state index in [1.165, 1.54) is 0 Å². The molecule has 0 aliphatic heterocycles. The number of primary amides is 1. The number of nitrogens with two attached hydrogens (primary N) is 2. The van der Waals surface area contributed by atoms with Crippen molar-refractivity contribution in [2.24, 2.45) is 17.4 Å². The molecule has 1 unspecified atom stereocenters. The normalized spacial score (nSPS) is 13.7. The van der Waals surface area contributed by atoms with Gasteiger partial charge in [0.05, 0.1) is 6.04 Å². The van der Waals surface area contributed by atoms with Crippen LogP contribution in [0, 0.1) is 5.92 Å². The second kappa shape index (κ2) is 5.11. The van der Waals surface area contributed by atoms with E-state index >= 15 is 0 Å². The maximum atomic E-state index is 11.6. The van der Waals surface area contributed by atoms with Gasteiger partial charge in [0, 0.05) is 12.0 Å². The summed E-state index contributed by atoms with van der Waals surface area (Å²) in [6.45, 7) is 7.21. The quantitative estimate of drug-likeness (QED) is 0.589. The Morgan fingerprint density at radius 1 is 1.33 bits per heavy atom. The zero-order valence-electron chi connectivity index (χ0n) is 9.83. The zero-order valence-corrected chi connectivity index (χ0v) is 9.83. The van der Waals surface area contributed by atoms with Crippen LogP contribution in [0.15, 0.2) is 0 Å². The van der Waals surface area contributed by atoms with Crippen molar-refractivity contribution in [2.75, 3.05) is 0 Å². The SMILES string of the molecule is CC(C)C(N)C(=O)NC(C)(C)CC(N)=O. The molecule has 0 radical (unpaired) electrons. The molecule has 88 valence electrons. The Kier molecular flexibility index (Phi) is 4.74. The van der Waals surface area contributed by atoms with Crippen LogP contribution >= 0.6 is 0 Å². The molecule has 1 atom stereocenters. The monoisotopic (exact) mass is 215 g/mol. The van der Waals surface area contributed by atoms with Crippen molar-refractivity contribution >= 4 is 11.8 Å². The summed E-state index contributed by atoms with van der Waals surface area (Å²) in [6, 6.07) is -0.558. The number of carbonyl (C=O) groups is 2. The molecule has 0 bridgehead atoms. The fourth-order valence-corrected chi connectivity index (χ4v) is 1.20. The summed E-state index contributed by atoms with van der Waals surface area (Å²) in [5, 5.41) is 2.70. The van der Waals surface area contributed by atoms with E-state index in [0.717, 1.165) is 0 Å². The lowest BCUT2D eigenvalue weighted by atomic mass is 9.98. The highest BCUT2D eigenvalue weighted by atomic mass is 16.2. The first-order valence-electron chi connectivity index (χ1n) is 5.01. The van der Waals surface area contributed by atoms with Gasteiger partial charge in [-0.1, -0.05) is 13.8 Å². The van der Waals surface area contributed by atoms with Crippen LogP contribution < -0.4 is 16.8 Å². The smallest absolute Gasteiger partial charge is 0.237 e. The molecule has 0 aliphatic rings. The van der Waals surface area contributed by atoms with Gasteiger partial charge in [0.25, 0.3) is 0 Å². The molecule has 0 aromatic carbocycles. The van der Waals surface area contributed by atoms with E-state index in [4.69, 9.17) is 11.5 Å². The fraction of sp³-hybridized carbons (Fsp3) is 0.800. The zero-order chi connectivity index (χ0) is 12.2. The summed E-state index contributed by atoms with van der Waals surface area (Å²) >= 11 is 0. The van der Waals surface area contributed by atoms with Crippen molar-refractivity contribution in [3.8, 4) is 0 Å². The highest BCUT2D eigenvalue weighted by Gasteiger charge is 2.26. The highest BCUT2D eigenvalue weighted by molar-refractivity contribution is 5.83.